The summed E-state index contributed by atoms with van der Waals surface area (Å²) in [7, 11) is 1.30. The van der Waals surface area contributed by atoms with Crippen molar-refractivity contribution in [3.8, 4) is 5.75 Å². The van der Waals surface area contributed by atoms with Crippen LogP contribution in [-0.2, 0) is 4.74 Å². The highest BCUT2D eigenvalue weighted by Gasteiger charge is 2.38. The summed E-state index contributed by atoms with van der Waals surface area (Å²) in [6, 6.07) is 9.75. The molecule has 2 heterocycles. The Balaban J connectivity index is 1.64. The molecule has 25 heavy (non-hydrogen) atoms. The van der Waals surface area contributed by atoms with Crippen LogP contribution in [0.4, 0.5) is 4.79 Å². The van der Waals surface area contributed by atoms with Crippen LogP contribution in [0.1, 0.15) is 22.0 Å². The molecule has 1 saturated heterocycles. The molecule has 0 unspecified atom stereocenters. The molecule has 1 fully saturated rings. The summed E-state index contributed by atoms with van der Waals surface area (Å²) in [6.07, 6.45) is 1.08. The number of amides is 1. The van der Waals surface area contributed by atoms with Gasteiger partial charge in [0.2, 0.25) is 0 Å². The minimum atomic E-state index is -0.502. The van der Waals surface area contributed by atoms with Crippen LogP contribution in [0.2, 0.25) is 0 Å². The molecule has 1 amide bonds. The van der Waals surface area contributed by atoms with Gasteiger partial charge >= 0.3 is 12.1 Å². The van der Waals surface area contributed by atoms with Crippen molar-refractivity contribution < 1.29 is 28.6 Å². The van der Waals surface area contributed by atoms with Gasteiger partial charge in [-0.05, 0) is 36.4 Å². The maximum absolute atomic E-state index is 12.4. The second kappa shape index (κ2) is 7.40. The summed E-state index contributed by atoms with van der Waals surface area (Å²) in [4.78, 5) is 25.3. The van der Waals surface area contributed by atoms with Gasteiger partial charge in [0.1, 0.15) is 11.5 Å². The standard InChI is InChI=1S/C18H19NO6/c1-23-17(21)12-4-6-14(7-5-12)25-18(22)19-9-13(11-20)15(10-19)16-3-2-8-24-16/h2-8,13,15,20H,9-11H2,1H3/t13-,15+/m1/s1. The Bertz CT molecular complexity index is 725. The lowest BCUT2D eigenvalue weighted by Crippen LogP contribution is -2.32. The maximum atomic E-state index is 12.4. The molecule has 0 bridgehead atoms. The molecule has 1 aliphatic heterocycles. The smallest absolute Gasteiger partial charge is 0.415 e. The molecular weight excluding hydrogens is 326 g/mol. The molecule has 7 heteroatoms. The third-order valence-electron chi connectivity index (χ3n) is 4.32. The number of carbonyl (C=O) groups is 2. The topological polar surface area (TPSA) is 89.2 Å². The van der Waals surface area contributed by atoms with Crippen molar-refractivity contribution in [3.05, 3.63) is 54.0 Å². The van der Waals surface area contributed by atoms with Gasteiger partial charge in [0.25, 0.3) is 0 Å². The monoisotopic (exact) mass is 345 g/mol. The van der Waals surface area contributed by atoms with Gasteiger partial charge in [0.15, 0.2) is 0 Å². The van der Waals surface area contributed by atoms with Gasteiger partial charge in [-0.1, -0.05) is 0 Å². The van der Waals surface area contributed by atoms with E-state index >= 15 is 0 Å². The minimum Gasteiger partial charge on any atom is -0.469 e. The number of nitrogens with zero attached hydrogens (tertiary/aromatic N) is 1. The molecule has 2 aromatic rings. The highest BCUT2D eigenvalue weighted by atomic mass is 16.6. The Morgan fingerprint density at radius 1 is 1.24 bits per heavy atom. The van der Waals surface area contributed by atoms with E-state index in [-0.39, 0.29) is 18.4 Å². The highest BCUT2D eigenvalue weighted by molar-refractivity contribution is 5.89. The molecule has 132 valence electrons. The van der Waals surface area contributed by atoms with E-state index in [1.54, 1.807) is 17.2 Å². The SMILES string of the molecule is COC(=O)c1ccc(OC(=O)N2C[C@H](CO)[C@@H](c3ccco3)C2)cc1. The van der Waals surface area contributed by atoms with Crippen molar-refractivity contribution in [1.82, 2.24) is 4.90 Å². The van der Waals surface area contributed by atoms with E-state index in [9.17, 15) is 14.7 Å². The number of carbonyl (C=O) groups excluding carboxylic acids is 2. The van der Waals surface area contributed by atoms with Crippen molar-refractivity contribution >= 4 is 12.1 Å². The van der Waals surface area contributed by atoms with Crippen LogP contribution < -0.4 is 4.74 Å². The number of likely N-dealkylation sites (tertiary alicyclic amines) is 1. The van der Waals surface area contributed by atoms with E-state index in [2.05, 4.69) is 4.74 Å². The number of esters is 1. The van der Waals surface area contributed by atoms with Gasteiger partial charge in [-0.3, -0.25) is 0 Å². The molecule has 1 N–H and O–H groups in total. The molecule has 0 aliphatic carbocycles. The van der Waals surface area contributed by atoms with Gasteiger partial charge in [0.05, 0.1) is 18.9 Å². The van der Waals surface area contributed by atoms with Crippen molar-refractivity contribution in [2.45, 2.75) is 5.92 Å². The number of ether oxygens (including phenoxy) is 2. The fourth-order valence-corrected chi connectivity index (χ4v) is 2.97. The summed E-state index contributed by atoms with van der Waals surface area (Å²) < 4.78 is 15.4. The van der Waals surface area contributed by atoms with Gasteiger partial charge < -0.3 is 23.9 Å². The molecule has 1 aromatic carbocycles. The second-order valence-electron chi connectivity index (χ2n) is 5.85. The summed E-state index contributed by atoms with van der Waals surface area (Å²) in [5, 5.41) is 9.57. The molecule has 0 radical (unpaired) electrons. The average molecular weight is 345 g/mol. The average Bonchev–Trinajstić information content (AvgIpc) is 3.30. The number of benzene rings is 1. The van der Waals surface area contributed by atoms with Crippen LogP contribution in [0, 0.1) is 5.92 Å². The van der Waals surface area contributed by atoms with Crippen LogP contribution in [0.25, 0.3) is 0 Å². The zero-order valence-electron chi connectivity index (χ0n) is 13.8. The van der Waals surface area contributed by atoms with E-state index in [1.807, 2.05) is 6.07 Å². The maximum Gasteiger partial charge on any atom is 0.415 e. The van der Waals surface area contributed by atoms with E-state index in [0.29, 0.717) is 24.4 Å². The summed E-state index contributed by atoms with van der Waals surface area (Å²) in [5.41, 5.74) is 0.377. The Labute approximate surface area is 144 Å². The van der Waals surface area contributed by atoms with Gasteiger partial charge in [-0.25, -0.2) is 9.59 Å². The fourth-order valence-electron chi connectivity index (χ4n) is 2.97. The number of methoxy groups -OCH3 is 1. The zero-order chi connectivity index (χ0) is 17.8. The molecule has 7 nitrogen and oxygen atoms in total. The van der Waals surface area contributed by atoms with Crippen LogP contribution in [0.5, 0.6) is 5.75 Å². The van der Waals surface area contributed by atoms with E-state index < -0.39 is 12.1 Å². The quantitative estimate of drug-likeness (QED) is 0.855. The molecule has 0 spiro atoms. The molecule has 0 saturated carbocycles. The first kappa shape index (κ1) is 17.0. The Hall–Kier alpha value is -2.80. The van der Waals surface area contributed by atoms with Crippen molar-refractivity contribution in [3.63, 3.8) is 0 Å². The number of hydrogen-bond acceptors (Lipinski definition) is 6. The third-order valence-corrected chi connectivity index (χ3v) is 4.32. The Morgan fingerprint density at radius 3 is 2.60 bits per heavy atom. The number of aliphatic hydroxyl groups excluding tert-OH is 1. The summed E-state index contributed by atoms with van der Waals surface area (Å²) >= 11 is 0. The lowest BCUT2D eigenvalue weighted by Gasteiger charge is -2.15. The van der Waals surface area contributed by atoms with Crippen molar-refractivity contribution in [2.24, 2.45) is 5.92 Å². The zero-order valence-corrected chi connectivity index (χ0v) is 13.8. The highest BCUT2D eigenvalue weighted by Crippen LogP contribution is 2.33. The number of rotatable bonds is 4. The summed E-state index contributed by atoms with van der Waals surface area (Å²) in [5.74, 6) is 0.468. The fraction of sp³-hybridized carbons (Fsp3) is 0.333. The Morgan fingerprint density at radius 2 is 2.00 bits per heavy atom. The first-order valence-corrected chi connectivity index (χ1v) is 7.91. The lowest BCUT2D eigenvalue weighted by molar-refractivity contribution is 0.0600. The molecule has 1 aromatic heterocycles. The van der Waals surface area contributed by atoms with Crippen LogP contribution >= 0.6 is 0 Å². The van der Waals surface area contributed by atoms with Crippen LogP contribution in [0.15, 0.2) is 47.1 Å². The van der Waals surface area contributed by atoms with Gasteiger partial charge in [-0.15, -0.1) is 0 Å². The Kier molecular flexibility index (Phi) is 5.04. The lowest BCUT2D eigenvalue weighted by atomic mass is 9.95. The van der Waals surface area contributed by atoms with Crippen molar-refractivity contribution in [1.29, 1.82) is 0 Å². The molecule has 3 rings (SSSR count). The normalized spacial score (nSPS) is 19.7. The number of hydrogen-bond donors (Lipinski definition) is 1. The predicted octanol–water partition coefficient (Wildman–Crippen LogP) is 2.27. The largest absolute Gasteiger partial charge is 0.469 e. The summed E-state index contributed by atoms with van der Waals surface area (Å²) in [6.45, 7) is 0.766. The van der Waals surface area contributed by atoms with E-state index in [4.69, 9.17) is 9.15 Å². The molecule has 1 aliphatic rings. The molecule has 2 atom stereocenters. The number of aliphatic hydroxyl groups is 1. The first-order chi connectivity index (χ1) is 12.1. The van der Waals surface area contributed by atoms with Gasteiger partial charge in [-0.2, -0.15) is 0 Å². The minimum absolute atomic E-state index is 0.0387. The van der Waals surface area contributed by atoms with Crippen molar-refractivity contribution in [2.75, 3.05) is 26.8 Å². The third kappa shape index (κ3) is 3.66. The number of furan rings is 1. The van der Waals surface area contributed by atoms with Crippen LogP contribution in [0.3, 0.4) is 0 Å². The van der Waals surface area contributed by atoms with Crippen LogP contribution in [-0.4, -0.2) is 48.9 Å². The molecular formula is C18H19NO6. The predicted molar refractivity (Wildman–Crippen MR) is 87.4 cm³/mol. The first-order valence-electron chi connectivity index (χ1n) is 7.91. The van der Waals surface area contributed by atoms with E-state index in [1.165, 1.54) is 31.4 Å². The second-order valence-corrected chi connectivity index (χ2v) is 5.85. The van der Waals surface area contributed by atoms with Gasteiger partial charge in [0, 0.05) is 31.5 Å². The van der Waals surface area contributed by atoms with E-state index in [0.717, 1.165) is 5.76 Å².